The maximum atomic E-state index is 12.9. The summed E-state index contributed by atoms with van der Waals surface area (Å²) in [4.78, 5) is 10.9. The standard InChI is InChI=1S/C11H10F3NO3.ClH/c1-17-6-2-3-7(8(4-6)11(12,13)14)9-5-18-10(16)15-9;/h2-4,9H,5H2,1H3,(H,15,16);1H/t9-;/m1./s1. The second kappa shape index (κ2) is 5.56. The van der Waals surface area contributed by atoms with Crippen LogP contribution in [0.5, 0.6) is 5.75 Å². The van der Waals surface area contributed by atoms with Crippen molar-refractivity contribution < 1.29 is 27.4 Å². The first-order valence-corrected chi connectivity index (χ1v) is 5.10. The van der Waals surface area contributed by atoms with E-state index in [2.05, 4.69) is 10.1 Å². The topological polar surface area (TPSA) is 47.6 Å². The van der Waals surface area contributed by atoms with E-state index >= 15 is 0 Å². The molecule has 1 aliphatic rings. The van der Waals surface area contributed by atoms with Crippen LogP contribution >= 0.6 is 12.4 Å². The molecule has 19 heavy (non-hydrogen) atoms. The maximum absolute atomic E-state index is 12.9. The molecule has 8 heteroatoms. The minimum atomic E-state index is -4.52. The molecule has 1 aromatic carbocycles. The number of hydrogen-bond acceptors (Lipinski definition) is 3. The molecule has 2 rings (SSSR count). The molecule has 1 fully saturated rings. The smallest absolute Gasteiger partial charge is 0.416 e. The zero-order valence-electron chi connectivity index (χ0n) is 9.78. The van der Waals surface area contributed by atoms with Crippen LogP contribution in [-0.2, 0) is 10.9 Å². The fraction of sp³-hybridized carbons (Fsp3) is 0.364. The van der Waals surface area contributed by atoms with Crippen LogP contribution in [0.3, 0.4) is 0 Å². The van der Waals surface area contributed by atoms with Crippen LogP contribution in [0.25, 0.3) is 0 Å². The van der Waals surface area contributed by atoms with Gasteiger partial charge < -0.3 is 14.8 Å². The van der Waals surface area contributed by atoms with Gasteiger partial charge in [0.25, 0.3) is 0 Å². The van der Waals surface area contributed by atoms with Crippen molar-refractivity contribution in [1.29, 1.82) is 0 Å². The van der Waals surface area contributed by atoms with E-state index in [-0.39, 0.29) is 30.3 Å². The Kier molecular flexibility index (Phi) is 4.52. The summed E-state index contributed by atoms with van der Waals surface area (Å²) in [6.07, 6.45) is -5.24. The largest absolute Gasteiger partial charge is 0.497 e. The normalized spacial score (nSPS) is 18.3. The van der Waals surface area contributed by atoms with E-state index < -0.39 is 23.9 Å². The monoisotopic (exact) mass is 297 g/mol. The van der Waals surface area contributed by atoms with E-state index in [0.717, 1.165) is 6.07 Å². The highest BCUT2D eigenvalue weighted by Crippen LogP contribution is 2.37. The lowest BCUT2D eigenvalue weighted by Gasteiger charge is -2.17. The first-order valence-electron chi connectivity index (χ1n) is 5.10. The van der Waals surface area contributed by atoms with Crippen molar-refractivity contribution in [2.45, 2.75) is 12.2 Å². The lowest BCUT2D eigenvalue weighted by atomic mass is 10.0. The number of halogens is 4. The number of cyclic esters (lactones) is 1. The molecule has 0 unspecified atom stereocenters. The van der Waals surface area contributed by atoms with Crippen LogP contribution in [0.4, 0.5) is 18.0 Å². The summed E-state index contributed by atoms with van der Waals surface area (Å²) < 4.78 is 48.1. The Bertz CT molecular complexity index is 479. The van der Waals surface area contributed by atoms with Gasteiger partial charge in [-0.25, -0.2) is 4.79 Å². The van der Waals surface area contributed by atoms with Crippen LogP contribution in [0.1, 0.15) is 17.2 Å². The van der Waals surface area contributed by atoms with Crippen molar-refractivity contribution >= 4 is 18.5 Å². The van der Waals surface area contributed by atoms with Crippen LogP contribution in [0.2, 0.25) is 0 Å². The van der Waals surface area contributed by atoms with E-state index in [1.165, 1.54) is 19.2 Å². The van der Waals surface area contributed by atoms with Crippen LogP contribution in [0.15, 0.2) is 18.2 Å². The Morgan fingerprint density at radius 2 is 2.11 bits per heavy atom. The summed E-state index contributed by atoms with van der Waals surface area (Å²) in [5, 5.41) is 2.32. The summed E-state index contributed by atoms with van der Waals surface area (Å²) in [7, 11) is 1.29. The number of carbonyl (C=O) groups is 1. The molecule has 0 aliphatic carbocycles. The predicted octanol–water partition coefficient (Wildman–Crippen LogP) is 2.92. The molecule has 1 N–H and O–H groups in total. The molecular formula is C11H11ClF3NO3. The number of carbonyl (C=O) groups excluding carboxylic acids is 1. The molecule has 1 amide bonds. The number of rotatable bonds is 2. The van der Waals surface area contributed by atoms with E-state index in [1.54, 1.807) is 0 Å². The van der Waals surface area contributed by atoms with Gasteiger partial charge in [0.1, 0.15) is 12.4 Å². The molecular weight excluding hydrogens is 287 g/mol. The lowest BCUT2D eigenvalue weighted by molar-refractivity contribution is -0.138. The minimum absolute atomic E-state index is 0. The predicted molar refractivity (Wildman–Crippen MR) is 62.5 cm³/mol. The number of alkyl carbamates (subject to hydrolysis) is 1. The average molecular weight is 298 g/mol. The number of alkyl halides is 3. The van der Waals surface area contributed by atoms with Gasteiger partial charge in [0.2, 0.25) is 0 Å². The molecule has 0 spiro atoms. The van der Waals surface area contributed by atoms with Gasteiger partial charge in [0, 0.05) is 0 Å². The zero-order chi connectivity index (χ0) is 13.3. The Hall–Kier alpha value is -1.63. The number of methoxy groups -OCH3 is 1. The van der Waals surface area contributed by atoms with Gasteiger partial charge in [-0.15, -0.1) is 12.4 Å². The summed E-state index contributed by atoms with van der Waals surface area (Å²) >= 11 is 0. The molecule has 4 nitrogen and oxygen atoms in total. The van der Waals surface area contributed by atoms with Crippen molar-refractivity contribution in [2.24, 2.45) is 0 Å². The van der Waals surface area contributed by atoms with Gasteiger partial charge in [-0.3, -0.25) is 0 Å². The molecule has 1 atom stereocenters. The lowest BCUT2D eigenvalue weighted by Crippen LogP contribution is -2.22. The number of ether oxygens (including phenoxy) is 2. The summed E-state index contributed by atoms with van der Waals surface area (Å²) in [5.41, 5.74) is -0.869. The number of amides is 1. The molecule has 106 valence electrons. The van der Waals surface area contributed by atoms with Gasteiger partial charge >= 0.3 is 12.3 Å². The number of benzene rings is 1. The Morgan fingerprint density at radius 3 is 2.58 bits per heavy atom. The number of nitrogens with one attached hydrogen (secondary N) is 1. The Labute approximate surface area is 113 Å². The first-order chi connectivity index (χ1) is 8.41. The van der Waals surface area contributed by atoms with E-state index in [4.69, 9.17) is 4.74 Å². The van der Waals surface area contributed by atoms with E-state index in [9.17, 15) is 18.0 Å². The van der Waals surface area contributed by atoms with Gasteiger partial charge in [0.05, 0.1) is 18.7 Å². The third-order valence-corrected chi connectivity index (χ3v) is 2.61. The van der Waals surface area contributed by atoms with Crippen molar-refractivity contribution in [1.82, 2.24) is 5.32 Å². The average Bonchev–Trinajstić information content (AvgIpc) is 2.74. The fourth-order valence-corrected chi connectivity index (χ4v) is 1.76. The highest BCUT2D eigenvalue weighted by atomic mass is 35.5. The fourth-order valence-electron chi connectivity index (χ4n) is 1.76. The first kappa shape index (κ1) is 15.4. The molecule has 0 bridgehead atoms. The van der Waals surface area contributed by atoms with Crippen LogP contribution in [0, 0.1) is 0 Å². The number of hydrogen-bond donors (Lipinski definition) is 1. The molecule has 1 aliphatic heterocycles. The van der Waals surface area contributed by atoms with Gasteiger partial charge in [-0.1, -0.05) is 6.07 Å². The SMILES string of the molecule is COc1ccc([C@H]2COC(=O)N2)c(C(F)(F)F)c1.Cl. The molecule has 0 aromatic heterocycles. The second-order valence-electron chi connectivity index (χ2n) is 3.75. The Balaban J connectivity index is 0.00000180. The maximum Gasteiger partial charge on any atom is 0.416 e. The Morgan fingerprint density at radius 1 is 1.42 bits per heavy atom. The van der Waals surface area contributed by atoms with Gasteiger partial charge in [-0.05, 0) is 17.7 Å². The quantitative estimate of drug-likeness (QED) is 0.913. The van der Waals surface area contributed by atoms with Crippen LogP contribution < -0.4 is 10.1 Å². The van der Waals surface area contributed by atoms with E-state index in [0.29, 0.717) is 0 Å². The highest BCUT2D eigenvalue weighted by Gasteiger charge is 2.37. The third-order valence-electron chi connectivity index (χ3n) is 2.61. The van der Waals surface area contributed by atoms with Crippen molar-refractivity contribution in [2.75, 3.05) is 13.7 Å². The molecule has 1 saturated heterocycles. The molecule has 0 radical (unpaired) electrons. The highest BCUT2D eigenvalue weighted by molar-refractivity contribution is 5.85. The molecule has 0 saturated carbocycles. The van der Waals surface area contributed by atoms with Gasteiger partial charge in [-0.2, -0.15) is 13.2 Å². The summed E-state index contributed by atoms with van der Waals surface area (Å²) in [6.45, 7) is -0.117. The van der Waals surface area contributed by atoms with Crippen molar-refractivity contribution in [3.8, 4) is 5.75 Å². The van der Waals surface area contributed by atoms with Crippen LogP contribution in [-0.4, -0.2) is 19.8 Å². The zero-order valence-corrected chi connectivity index (χ0v) is 10.6. The summed E-state index contributed by atoms with van der Waals surface area (Å²) in [5.74, 6) is 0.108. The van der Waals surface area contributed by atoms with Crippen molar-refractivity contribution in [3.63, 3.8) is 0 Å². The van der Waals surface area contributed by atoms with Gasteiger partial charge in [0.15, 0.2) is 0 Å². The minimum Gasteiger partial charge on any atom is -0.497 e. The third kappa shape index (κ3) is 3.23. The molecule has 1 heterocycles. The van der Waals surface area contributed by atoms with Crippen molar-refractivity contribution in [3.05, 3.63) is 29.3 Å². The van der Waals surface area contributed by atoms with E-state index in [1.807, 2.05) is 0 Å². The molecule has 1 aromatic rings. The summed E-state index contributed by atoms with van der Waals surface area (Å²) in [6, 6.07) is 2.80. The second-order valence-corrected chi connectivity index (χ2v) is 3.75.